The van der Waals surface area contributed by atoms with E-state index >= 15 is 0 Å². The van der Waals surface area contributed by atoms with Gasteiger partial charge in [-0.05, 0) is 43.0 Å². The molecule has 1 saturated heterocycles. The third-order valence-corrected chi connectivity index (χ3v) is 4.54. The van der Waals surface area contributed by atoms with Gasteiger partial charge in [-0.3, -0.25) is 0 Å². The Kier molecular flexibility index (Phi) is 3.65. The van der Waals surface area contributed by atoms with Crippen molar-refractivity contribution < 1.29 is 9.53 Å². The van der Waals surface area contributed by atoms with Gasteiger partial charge in [0, 0.05) is 31.0 Å². The van der Waals surface area contributed by atoms with E-state index in [2.05, 4.69) is 15.3 Å². The quantitative estimate of drug-likeness (QED) is 0.895. The second-order valence-corrected chi connectivity index (χ2v) is 6.03. The number of fused-ring (bicyclic) bond motifs is 1. The van der Waals surface area contributed by atoms with Crippen molar-refractivity contribution in [2.45, 2.75) is 31.7 Å². The second kappa shape index (κ2) is 5.95. The zero-order chi connectivity index (χ0) is 15.6. The first-order chi connectivity index (χ1) is 11.3. The van der Waals surface area contributed by atoms with Crippen molar-refractivity contribution in [3.63, 3.8) is 0 Å². The Morgan fingerprint density at radius 2 is 2.35 bits per heavy atom. The van der Waals surface area contributed by atoms with Crippen LogP contribution in [0.15, 0.2) is 30.6 Å². The summed E-state index contributed by atoms with van der Waals surface area (Å²) >= 11 is 0. The fraction of sp³-hybridized carbons (Fsp3) is 0.412. The molecule has 2 amide bonds. The van der Waals surface area contributed by atoms with Gasteiger partial charge < -0.3 is 19.9 Å². The van der Waals surface area contributed by atoms with Gasteiger partial charge in [0.2, 0.25) is 0 Å². The van der Waals surface area contributed by atoms with Crippen LogP contribution in [0, 0.1) is 0 Å². The van der Waals surface area contributed by atoms with E-state index in [0.717, 1.165) is 61.7 Å². The number of nitrogens with one attached hydrogen (secondary N) is 2. The first-order valence-electron chi connectivity index (χ1n) is 8.14. The highest BCUT2D eigenvalue weighted by molar-refractivity contribution is 5.90. The minimum Gasteiger partial charge on any atom is -0.493 e. The molecule has 6 nitrogen and oxygen atoms in total. The predicted octanol–water partition coefficient (Wildman–Crippen LogP) is 3.10. The molecule has 2 aliphatic heterocycles. The van der Waals surface area contributed by atoms with Gasteiger partial charge in [-0.2, -0.15) is 0 Å². The average molecular weight is 312 g/mol. The summed E-state index contributed by atoms with van der Waals surface area (Å²) < 4.78 is 5.51. The first-order valence-corrected chi connectivity index (χ1v) is 8.14. The van der Waals surface area contributed by atoms with E-state index in [0.29, 0.717) is 0 Å². The summed E-state index contributed by atoms with van der Waals surface area (Å²) in [6.07, 6.45) is 7.53. The van der Waals surface area contributed by atoms with Gasteiger partial charge in [0.05, 0.1) is 12.6 Å². The third-order valence-electron chi connectivity index (χ3n) is 4.54. The fourth-order valence-corrected chi connectivity index (χ4v) is 3.38. The number of carbonyl (C=O) groups excluding carboxylic acids is 1. The minimum atomic E-state index is -0.0648. The standard InChI is InChI=1S/C17H20N4O2/c22-17(20-13-4-5-15-12(11-13)6-10-23-15)21-9-2-1-3-14(21)16-18-7-8-19-16/h4-5,7-8,11,14H,1-3,6,9-10H2,(H,18,19)(H,20,22)/t14-/m1/s1. The number of aromatic amines is 1. The number of carbonyl (C=O) groups is 1. The maximum absolute atomic E-state index is 12.7. The number of hydrogen-bond donors (Lipinski definition) is 2. The Hall–Kier alpha value is -2.50. The fourth-order valence-electron chi connectivity index (χ4n) is 3.38. The van der Waals surface area contributed by atoms with Crippen molar-refractivity contribution >= 4 is 11.7 Å². The number of imidazole rings is 1. The molecule has 4 rings (SSSR count). The van der Waals surface area contributed by atoms with Crippen molar-refractivity contribution in [3.05, 3.63) is 42.0 Å². The number of hydrogen-bond acceptors (Lipinski definition) is 3. The van der Waals surface area contributed by atoms with Crippen LogP contribution in [-0.4, -0.2) is 34.1 Å². The second-order valence-electron chi connectivity index (χ2n) is 6.03. The van der Waals surface area contributed by atoms with Crippen molar-refractivity contribution in [2.24, 2.45) is 0 Å². The van der Waals surface area contributed by atoms with Crippen LogP contribution in [-0.2, 0) is 6.42 Å². The lowest BCUT2D eigenvalue weighted by molar-refractivity contribution is 0.160. The molecule has 0 unspecified atom stereocenters. The Labute approximate surface area is 134 Å². The van der Waals surface area contributed by atoms with E-state index in [4.69, 9.17) is 4.74 Å². The number of amides is 2. The number of likely N-dealkylation sites (tertiary alicyclic amines) is 1. The molecule has 0 spiro atoms. The molecule has 1 aromatic heterocycles. The van der Waals surface area contributed by atoms with Crippen molar-refractivity contribution in [3.8, 4) is 5.75 Å². The number of urea groups is 1. The molecule has 2 aliphatic rings. The van der Waals surface area contributed by atoms with Crippen molar-refractivity contribution in [2.75, 3.05) is 18.5 Å². The molecule has 3 heterocycles. The Balaban J connectivity index is 1.51. The van der Waals surface area contributed by atoms with Gasteiger partial charge in [0.1, 0.15) is 11.6 Å². The molecule has 1 fully saturated rings. The minimum absolute atomic E-state index is 0.0245. The molecular weight excluding hydrogens is 292 g/mol. The zero-order valence-electron chi connectivity index (χ0n) is 12.9. The maximum atomic E-state index is 12.7. The number of ether oxygens (including phenoxy) is 1. The molecule has 2 N–H and O–H groups in total. The molecule has 0 radical (unpaired) electrons. The number of anilines is 1. The van der Waals surface area contributed by atoms with Gasteiger partial charge in [0.15, 0.2) is 0 Å². The van der Waals surface area contributed by atoms with Crippen LogP contribution in [0.25, 0.3) is 0 Å². The maximum Gasteiger partial charge on any atom is 0.322 e. The summed E-state index contributed by atoms with van der Waals surface area (Å²) in [6.45, 7) is 1.48. The van der Waals surface area contributed by atoms with Gasteiger partial charge >= 0.3 is 6.03 Å². The number of aromatic nitrogens is 2. The van der Waals surface area contributed by atoms with Crippen LogP contribution in [0.4, 0.5) is 10.5 Å². The Morgan fingerprint density at radius 3 is 3.22 bits per heavy atom. The molecule has 1 atom stereocenters. The van der Waals surface area contributed by atoms with Crippen LogP contribution in [0.1, 0.15) is 36.7 Å². The highest BCUT2D eigenvalue weighted by Crippen LogP contribution is 2.31. The molecular formula is C17H20N4O2. The number of nitrogens with zero attached hydrogens (tertiary/aromatic N) is 2. The summed E-state index contributed by atoms with van der Waals surface area (Å²) in [5.41, 5.74) is 1.98. The van der Waals surface area contributed by atoms with E-state index in [1.165, 1.54) is 0 Å². The van der Waals surface area contributed by atoms with Gasteiger partial charge in [0.25, 0.3) is 0 Å². The van der Waals surface area contributed by atoms with Crippen LogP contribution in [0.3, 0.4) is 0 Å². The van der Waals surface area contributed by atoms with Crippen LogP contribution in [0.2, 0.25) is 0 Å². The number of piperidine rings is 1. The van der Waals surface area contributed by atoms with Gasteiger partial charge in [-0.15, -0.1) is 0 Å². The highest BCUT2D eigenvalue weighted by Gasteiger charge is 2.29. The number of H-pyrrole nitrogens is 1. The molecule has 0 saturated carbocycles. The molecule has 6 heteroatoms. The van der Waals surface area contributed by atoms with Crippen molar-refractivity contribution in [1.82, 2.24) is 14.9 Å². The first kappa shape index (κ1) is 14.1. The smallest absolute Gasteiger partial charge is 0.322 e. The predicted molar refractivity (Wildman–Crippen MR) is 86.5 cm³/mol. The summed E-state index contributed by atoms with van der Waals surface area (Å²) in [7, 11) is 0. The summed E-state index contributed by atoms with van der Waals surface area (Å²) in [5.74, 6) is 1.79. The lowest BCUT2D eigenvalue weighted by Crippen LogP contribution is -2.41. The third kappa shape index (κ3) is 2.76. The molecule has 2 aromatic rings. The van der Waals surface area contributed by atoms with E-state index < -0.39 is 0 Å². The number of benzene rings is 1. The number of rotatable bonds is 2. The van der Waals surface area contributed by atoms with Gasteiger partial charge in [-0.25, -0.2) is 9.78 Å². The highest BCUT2D eigenvalue weighted by atomic mass is 16.5. The summed E-state index contributed by atoms with van der Waals surface area (Å²) in [4.78, 5) is 22.1. The van der Waals surface area contributed by atoms with Crippen LogP contribution >= 0.6 is 0 Å². The molecule has 1 aromatic carbocycles. The monoisotopic (exact) mass is 312 g/mol. The lowest BCUT2D eigenvalue weighted by atomic mass is 10.0. The topological polar surface area (TPSA) is 70.2 Å². The van der Waals surface area contributed by atoms with E-state index in [9.17, 15) is 4.79 Å². The lowest BCUT2D eigenvalue weighted by Gasteiger charge is -2.34. The Morgan fingerprint density at radius 1 is 1.39 bits per heavy atom. The van der Waals surface area contributed by atoms with Gasteiger partial charge in [-0.1, -0.05) is 0 Å². The molecule has 0 bridgehead atoms. The normalized spacial score (nSPS) is 20.0. The molecule has 0 aliphatic carbocycles. The zero-order valence-corrected chi connectivity index (χ0v) is 12.9. The van der Waals surface area contributed by atoms with E-state index in [1.54, 1.807) is 12.4 Å². The Bertz CT molecular complexity index is 699. The summed E-state index contributed by atoms with van der Waals surface area (Å²) in [6, 6.07) is 5.79. The van der Waals surface area contributed by atoms with Crippen LogP contribution < -0.4 is 10.1 Å². The van der Waals surface area contributed by atoms with Crippen LogP contribution in [0.5, 0.6) is 5.75 Å². The largest absolute Gasteiger partial charge is 0.493 e. The van der Waals surface area contributed by atoms with E-state index in [-0.39, 0.29) is 12.1 Å². The van der Waals surface area contributed by atoms with Crippen molar-refractivity contribution in [1.29, 1.82) is 0 Å². The molecule has 23 heavy (non-hydrogen) atoms. The molecule has 120 valence electrons. The average Bonchev–Trinajstić information content (AvgIpc) is 3.26. The van der Waals surface area contributed by atoms with E-state index in [1.807, 2.05) is 23.1 Å². The SMILES string of the molecule is O=C(Nc1ccc2c(c1)CCO2)N1CCCC[C@@H]1c1ncc[nH]1. The summed E-state index contributed by atoms with van der Waals surface area (Å²) in [5, 5.41) is 3.02.